The highest BCUT2D eigenvalue weighted by molar-refractivity contribution is 5.11. The summed E-state index contributed by atoms with van der Waals surface area (Å²) in [6, 6.07) is 2.31. The van der Waals surface area contributed by atoms with Gasteiger partial charge < -0.3 is 0 Å². The van der Waals surface area contributed by atoms with E-state index in [-0.39, 0.29) is 0 Å². The second kappa shape index (κ2) is 30.5. The van der Waals surface area contributed by atoms with Gasteiger partial charge in [0, 0.05) is 11.4 Å². The zero-order valence-electron chi connectivity index (χ0n) is 28.6. The Morgan fingerprint density at radius 3 is 0.805 bits per heavy atom. The normalized spacial score (nSPS) is 11.5. The van der Waals surface area contributed by atoms with Crippen molar-refractivity contribution in [3.05, 3.63) is 23.3 Å². The molecule has 1 rings (SSSR count). The van der Waals surface area contributed by atoms with Gasteiger partial charge in [0.15, 0.2) is 0 Å². The van der Waals surface area contributed by atoms with Gasteiger partial charge >= 0.3 is 0 Å². The monoisotopic (exact) mass is 571 g/mol. The molecule has 41 heavy (non-hydrogen) atoms. The molecule has 1 aromatic heterocycles. The molecule has 2 nitrogen and oxygen atoms in total. The van der Waals surface area contributed by atoms with Crippen LogP contribution in [0.3, 0.4) is 0 Å². The quantitative estimate of drug-likeness (QED) is 0.0805. The summed E-state index contributed by atoms with van der Waals surface area (Å²) in [6.07, 6.45) is 45.0. The van der Waals surface area contributed by atoms with Gasteiger partial charge in [-0.1, -0.05) is 194 Å². The lowest BCUT2D eigenvalue weighted by atomic mass is 10.0. The minimum atomic E-state index is 0.972. The van der Waals surface area contributed by atoms with Crippen LogP contribution in [0.1, 0.15) is 224 Å². The van der Waals surface area contributed by atoms with Gasteiger partial charge in [0.1, 0.15) is 5.82 Å². The lowest BCUT2D eigenvalue weighted by Crippen LogP contribution is -2.01. The third-order valence-corrected chi connectivity index (χ3v) is 9.02. The van der Waals surface area contributed by atoms with Crippen LogP contribution in [0.2, 0.25) is 0 Å². The van der Waals surface area contributed by atoms with Crippen molar-refractivity contribution in [2.24, 2.45) is 0 Å². The second-order valence-electron chi connectivity index (χ2n) is 13.3. The summed E-state index contributed by atoms with van der Waals surface area (Å²) < 4.78 is 0. The third-order valence-electron chi connectivity index (χ3n) is 9.02. The van der Waals surface area contributed by atoms with Crippen molar-refractivity contribution < 1.29 is 0 Å². The maximum atomic E-state index is 4.75. The van der Waals surface area contributed by atoms with Crippen molar-refractivity contribution in [2.45, 2.75) is 226 Å². The zero-order valence-corrected chi connectivity index (χ0v) is 28.6. The lowest BCUT2D eigenvalue weighted by molar-refractivity contribution is 0.531. The van der Waals surface area contributed by atoms with E-state index in [1.165, 1.54) is 204 Å². The molecule has 0 saturated carbocycles. The Morgan fingerprint density at radius 1 is 0.341 bits per heavy atom. The Hall–Kier alpha value is -0.920. The predicted molar refractivity (Wildman–Crippen MR) is 184 cm³/mol. The lowest BCUT2D eigenvalue weighted by Gasteiger charge is -2.07. The number of aryl methyl sites for hydroxylation is 3. The summed E-state index contributed by atoms with van der Waals surface area (Å²) in [4.78, 5) is 9.49. The SMILES string of the molecule is CCCCCCCCCCCCCCCCCc1cc(CCCCCCCCCCCCCCCCC)nc(C)n1. The van der Waals surface area contributed by atoms with Crippen molar-refractivity contribution >= 4 is 0 Å². The highest BCUT2D eigenvalue weighted by atomic mass is 14.9. The van der Waals surface area contributed by atoms with Gasteiger partial charge in [-0.25, -0.2) is 9.97 Å². The maximum absolute atomic E-state index is 4.75. The Morgan fingerprint density at radius 2 is 0.561 bits per heavy atom. The average molecular weight is 571 g/mol. The molecule has 0 spiro atoms. The molecule has 0 aromatic carbocycles. The number of unbranched alkanes of at least 4 members (excludes halogenated alkanes) is 28. The number of hydrogen-bond donors (Lipinski definition) is 0. The summed E-state index contributed by atoms with van der Waals surface area (Å²) >= 11 is 0. The molecule has 0 saturated heterocycles. The van der Waals surface area contributed by atoms with Crippen molar-refractivity contribution in [1.82, 2.24) is 9.97 Å². The van der Waals surface area contributed by atoms with Gasteiger partial charge in [0.05, 0.1) is 0 Å². The fourth-order valence-corrected chi connectivity index (χ4v) is 6.31. The Labute approximate surface area is 259 Å². The first-order valence-electron chi connectivity index (χ1n) is 19.1. The molecule has 2 heteroatoms. The molecule has 0 aliphatic rings. The summed E-state index contributed by atoms with van der Waals surface area (Å²) in [5.74, 6) is 0.972. The van der Waals surface area contributed by atoms with Crippen LogP contribution in [0.5, 0.6) is 0 Å². The van der Waals surface area contributed by atoms with Gasteiger partial charge in [-0.2, -0.15) is 0 Å². The van der Waals surface area contributed by atoms with Crippen LogP contribution < -0.4 is 0 Å². The molecule has 0 atom stereocenters. The highest BCUT2D eigenvalue weighted by Crippen LogP contribution is 2.16. The average Bonchev–Trinajstić information content (AvgIpc) is 2.97. The van der Waals surface area contributed by atoms with Crippen molar-refractivity contribution in [3.8, 4) is 0 Å². The van der Waals surface area contributed by atoms with Crippen LogP contribution in [0.4, 0.5) is 0 Å². The largest absolute Gasteiger partial charge is 0.238 e. The molecule has 0 N–H and O–H groups in total. The van der Waals surface area contributed by atoms with Gasteiger partial charge in [-0.05, 0) is 38.7 Å². The topological polar surface area (TPSA) is 25.8 Å². The molecule has 0 aliphatic carbocycles. The first kappa shape index (κ1) is 38.1. The van der Waals surface area contributed by atoms with Gasteiger partial charge in [-0.15, -0.1) is 0 Å². The summed E-state index contributed by atoms with van der Waals surface area (Å²) in [7, 11) is 0. The molecule has 1 heterocycles. The van der Waals surface area contributed by atoms with E-state index >= 15 is 0 Å². The Bertz CT molecular complexity index is 603. The number of hydrogen-bond acceptors (Lipinski definition) is 2. The van der Waals surface area contributed by atoms with Crippen LogP contribution in [0.15, 0.2) is 6.07 Å². The van der Waals surface area contributed by atoms with Crippen LogP contribution in [-0.4, -0.2) is 9.97 Å². The summed E-state index contributed by atoms with van der Waals surface area (Å²) in [5.41, 5.74) is 2.56. The molecule has 0 aliphatic heterocycles. The summed E-state index contributed by atoms with van der Waals surface area (Å²) in [5, 5.41) is 0. The van der Waals surface area contributed by atoms with Gasteiger partial charge in [-0.3, -0.25) is 0 Å². The number of rotatable bonds is 32. The first-order chi connectivity index (χ1) is 20.3. The van der Waals surface area contributed by atoms with E-state index < -0.39 is 0 Å². The zero-order chi connectivity index (χ0) is 29.5. The van der Waals surface area contributed by atoms with E-state index in [2.05, 4.69) is 26.8 Å². The van der Waals surface area contributed by atoms with Crippen molar-refractivity contribution in [1.29, 1.82) is 0 Å². The predicted octanol–water partition coefficient (Wildman–Crippen LogP) is 13.6. The number of aromatic nitrogens is 2. The van der Waals surface area contributed by atoms with Crippen LogP contribution in [0, 0.1) is 6.92 Å². The van der Waals surface area contributed by atoms with Gasteiger partial charge in [0.25, 0.3) is 0 Å². The molecule has 240 valence electrons. The van der Waals surface area contributed by atoms with E-state index in [9.17, 15) is 0 Å². The van der Waals surface area contributed by atoms with E-state index in [1.54, 1.807) is 0 Å². The first-order valence-corrected chi connectivity index (χ1v) is 19.1. The molecule has 0 amide bonds. The minimum absolute atomic E-state index is 0.972. The smallest absolute Gasteiger partial charge is 0.125 e. The fourth-order valence-electron chi connectivity index (χ4n) is 6.31. The maximum Gasteiger partial charge on any atom is 0.125 e. The molecular weight excluding hydrogens is 496 g/mol. The van der Waals surface area contributed by atoms with E-state index in [1.807, 2.05) is 0 Å². The standard InChI is InChI=1S/C39H74N2/c1-4-6-8-10-12-14-16-18-20-22-24-26-28-30-32-34-38-36-39(41-37(3)40-38)35-33-31-29-27-25-23-21-19-17-15-13-11-9-7-5-2/h36H,4-35H2,1-3H3. The van der Waals surface area contributed by atoms with E-state index in [0.29, 0.717) is 0 Å². The summed E-state index contributed by atoms with van der Waals surface area (Å²) in [6.45, 7) is 6.68. The molecule has 0 unspecified atom stereocenters. The van der Waals surface area contributed by atoms with Crippen LogP contribution >= 0.6 is 0 Å². The molecule has 1 aromatic rings. The van der Waals surface area contributed by atoms with Crippen LogP contribution in [-0.2, 0) is 12.8 Å². The Balaban J connectivity index is 1.93. The third kappa shape index (κ3) is 26.4. The number of nitrogens with zero attached hydrogens (tertiary/aromatic N) is 2. The van der Waals surface area contributed by atoms with E-state index in [4.69, 9.17) is 9.97 Å². The molecule has 0 radical (unpaired) electrons. The van der Waals surface area contributed by atoms with Crippen molar-refractivity contribution in [3.63, 3.8) is 0 Å². The second-order valence-corrected chi connectivity index (χ2v) is 13.3. The Kier molecular flexibility index (Phi) is 28.4. The molecular formula is C39H74N2. The molecule has 0 bridgehead atoms. The fraction of sp³-hybridized carbons (Fsp3) is 0.897. The highest BCUT2D eigenvalue weighted by Gasteiger charge is 2.03. The van der Waals surface area contributed by atoms with E-state index in [0.717, 1.165) is 18.7 Å². The van der Waals surface area contributed by atoms with Gasteiger partial charge in [0.2, 0.25) is 0 Å². The molecule has 0 fully saturated rings. The van der Waals surface area contributed by atoms with Crippen molar-refractivity contribution in [2.75, 3.05) is 0 Å². The van der Waals surface area contributed by atoms with Crippen LogP contribution in [0.25, 0.3) is 0 Å². The minimum Gasteiger partial charge on any atom is -0.238 e.